The van der Waals surface area contributed by atoms with Crippen LogP contribution in [0.2, 0.25) is 0 Å². The summed E-state index contributed by atoms with van der Waals surface area (Å²) in [4.78, 5) is 21.8. The van der Waals surface area contributed by atoms with Gasteiger partial charge in [-0.3, -0.25) is 9.59 Å². The van der Waals surface area contributed by atoms with Crippen molar-refractivity contribution in [2.45, 2.75) is 6.92 Å². The number of nitrogens with one attached hydrogen (secondary N) is 2. The van der Waals surface area contributed by atoms with E-state index in [4.69, 9.17) is 4.74 Å². The van der Waals surface area contributed by atoms with Gasteiger partial charge in [0.2, 0.25) is 5.91 Å². The largest absolute Gasteiger partial charge is 0.481 e. The van der Waals surface area contributed by atoms with Gasteiger partial charge in [0.1, 0.15) is 0 Å². The summed E-state index contributed by atoms with van der Waals surface area (Å²) in [5.74, 6) is -1.01. The first kappa shape index (κ1) is 14.0. The van der Waals surface area contributed by atoms with E-state index in [1.165, 1.54) is 25.1 Å². The summed E-state index contributed by atoms with van der Waals surface area (Å²) in [5.41, 5.74) is 0. The zero-order valence-corrected chi connectivity index (χ0v) is 10.0. The molecule has 2 amide bonds. The molecule has 0 heterocycles. The Morgan fingerprint density at radius 1 is 1.22 bits per heavy atom. The van der Waals surface area contributed by atoms with Gasteiger partial charge in [0.05, 0.1) is 0 Å². The predicted octanol–water partition coefficient (Wildman–Crippen LogP) is 0.457. The number of halogens is 1. The maximum absolute atomic E-state index is 13.1. The van der Waals surface area contributed by atoms with E-state index in [-0.39, 0.29) is 24.2 Å². The zero-order chi connectivity index (χ0) is 13.4. The average Bonchev–Trinajstić information content (AvgIpc) is 2.33. The lowest BCUT2D eigenvalue weighted by atomic mass is 10.3. The van der Waals surface area contributed by atoms with Gasteiger partial charge in [0.15, 0.2) is 18.2 Å². The van der Waals surface area contributed by atoms with Crippen molar-refractivity contribution in [1.82, 2.24) is 10.6 Å². The Morgan fingerprint density at radius 3 is 2.56 bits per heavy atom. The molecule has 0 saturated heterocycles. The number of ether oxygens (including phenoxy) is 1. The minimum atomic E-state index is -0.511. The molecule has 0 radical (unpaired) electrons. The number of benzene rings is 1. The fourth-order valence-corrected chi connectivity index (χ4v) is 1.20. The molecule has 5 nitrogen and oxygen atoms in total. The molecule has 1 aromatic rings. The quantitative estimate of drug-likeness (QED) is 0.725. The van der Waals surface area contributed by atoms with E-state index in [1.54, 1.807) is 6.07 Å². The molecule has 0 unspecified atom stereocenters. The highest BCUT2D eigenvalue weighted by Gasteiger charge is 2.05. The molecule has 2 N–H and O–H groups in total. The summed E-state index contributed by atoms with van der Waals surface area (Å²) >= 11 is 0. The second-order valence-corrected chi connectivity index (χ2v) is 3.55. The van der Waals surface area contributed by atoms with Crippen LogP contribution in [0.25, 0.3) is 0 Å². The summed E-state index contributed by atoms with van der Waals surface area (Å²) in [5, 5.41) is 5.06. The first-order valence-electron chi connectivity index (χ1n) is 5.48. The molecule has 0 aliphatic carbocycles. The molecule has 1 aromatic carbocycles. The van der Waals surface area contributed by atoms with Crippen LogP contribution in [0.1, 0.15) is 6.92 Å². The van der Waals surface area contributed by atoms with Crippen molar-refractivity contribution in [2.75, 3.05) is 19.7 Å². The van der Waals surface area contributed by atoms with Gasteiger partial charge in [-0.05, 0) is 12.1 Å². The monoisotopic (exact) mass is 254 g/mol. The molecule has 0 aromatic heterocycles. The van der Waals surface area contributed by atoms with Crippen LogP contribution in [-0.2, 0) is 9.59 Å². The molecule has 98 valence electrons. The molecule has 0 spiro atoms. The summed E-state index contributed by atoms with van der Waals surface area (Å²) in [6, 6.07) is 5.85. The van der Waals surface area contributed by atoms with E-state index in [0.29, 0.717) is 13.1 Å². The van der Waals surface area contributed by atoms with Gasteiger partial charge in [-0.25, -0.2) is 4.39 Å². The van der Waals surface area contributed by atoms with Gasteiger partial charge >= 0.3 is 0 Å². The number of hydrogen-bond acceptors (Lipinski definition) is 3. The molecule has 0 aliphatic heterocycles. The van der Waals surface area contributed by atoms with Gasteiger partial charge in [-0.1, -0.05) is 12.1 Å². The highest BCUT2D eigenvalue weighted by Crippen LogP contribution is 2.14. The number of amides is 2. The summed E-state index contributed by atoms with van der Waals surface area (Å²) in [7, 11) is 0. The number of hydrogen-bond donors (Lipinski definition) is 2. The molecule has 0 saturated carbocycles. The first-order chi connectivity index (χ1) is 8.59. The Bertz CT molecular complexity index is 424. The molecular weight excluding hydrogens is 239 g/mol. The zero-order valence-electron chi connectivity index (χ0n) is 10.0. The Hall–Kier alpha value is -2.11. The van der Waals surface area contributed by atoms with E-state index < -0.39 is 5.82 Å². The Labute approximate surface area is 104 Å². The van der Waals surface area contributed by atoms with E-state index in [2.05, 4.69) is 10.6 Å². The molecule has 0 atom stereocenters. The molecule has 0 aliphatic rings. The normalized spacial score (nSPS) is 9.67. The van der Waals surface area contributed by atoms with Gasteiger partial charge in [0.25, 0.3) is 5.91 Å². The van der Waals surface area contributed by atoms with Gasteiger partial charge in [-0.15, -0.1) is 0 Å². The van der Waals surface area contributed by atoms with Gasteiger partial charge < -0.3 is 15.4 Å². The Balaban J connectivity index is 2.21. The average molecular weight is 254 g/mol. The number of para-hydroxylation sites is 1. The first-order valence-corrected chi connectivity index (χ1v) is 5.48. The fourth-order valence-electron chi connectivity index (χ4n) is 1.20. The lowest BCUT2D eigenvalue weighted by Gasteiger charge is -2.08. The lowest BCUT2D eigenvalue weighted by molar-refractivity contribution is -0.123. The fraction of sp³-hybridized carbons (Fsp3) is 0.333. The van der Waals surface area contributed by atoms with Crippen LogP contribution in [0.15, 0.2) is 24.3 Å². The minimum absolute atomic E-state index is 0.0366. The van der Waals surface area contributed by atoms with Crippen molar-refractivity contribution in [1.29, 1.82) is 0 Å². The van der Waals surface area contributed by atoms with Crippen LogP contribution in [0, 0.1) is 5.82 Å². The van der Waals surface area contributed by atoms with E-state index in [0.717, 1.165) is 0 Å². The molecule has 18 heavy (non-hydrogen) atoms. The number of carbonyl (C=O) groups is 2. The van der Waals surface area contributed by atoms with Crippen LogP contribution in [0.5, 0.6) is 5.75 Å². The van der Waals surface area contributed by atoms with Crippen molar-refractivity contribution >= 4 is 11.8 Å². The smallest absolute Gasteiger partial charge is 0.258 e. The number of rotatable bonds is 6. The SMILES string of the molecule is CC(=O)NCCNC(=O)COc1ccccc1F. The standard InChI is InChI=1S/C12H15FN2O3/c1-9(16)14-6-7-15-12(17)8-18-11-5-3-2-4-10(11)13/h2-5H,6-8H2,1H3,(H,14,16)(H,15,17). The topological polar surface area (TPSA) is 67.4 Å². The number of carbonyl (C=O) groups excluding carboxylic acids is 2. The minimum Gasteiger partial charge on any atom is -0.481 e. The second kappa shape index (κ2) is 7.26. The van der Waals surface area contributed by atoms with Crippen LogP contribution in [0.4, 0.5) is 4.39 Å². The third-order valence-electron chi connectivity index (χ3n) is 2.02. The van der Waals surface area contributed by atoms with Crippen molar-refractivity contribution in [3.63, 3.8) is 0 Å². The van der Waals surface area contributed by atoms with Crippen LogP contribution >= 0.6 is 0 Å². The van der Waals surface area contributed by atoms with Crippen LogP contribution < -0.4 is 15.4 Å². The molecular formula is C12H15FN2O3. The molecule has 0 bridgehead atoms. The van der Waals surface area contributed by atoms with Gasteiger partial charge in [-0.2, -0.15) is 0 Å². The van der Waals surface area contributed by atoms with Crippen molar-refractivity contribution in [2.24, 2.45) is 0 Å². The Morgan fingerprint density at radius 2 is 1.89 bits per heavy atom. The summed E-state index contributed by atoms with van der Waals surface area (Å²) < 4.78 is 18.1. The van der Waals surface area contributed by atoms with Crippen molar-refractivity contribution < 1.29 is 18.7 Å². The predicted molar refractivity (Wildman–Crippen MR) is 63.6 cm³/mol. The highest BCUT2D eigenvalue weighted by atomic mass is 19.1. The van der Waals surface area contributed by atoms with Crippen LogP contribution in [-0.4, -0.2) is 31.5 Å². The lowest BCUT2D eigenvalue weighted by Crippen LogP contribution is -2.36. The van der Waals surface area contributed by atoms with Crippen LogP contribution in [0.3, 0.4) is 0 Å². The third kappa shape index (κ3) is 5.29. The molecule has 1 rings (SSSR count). The maximum Gasteiger partial charge on any atom is 0.258 e. The molecule has 0 fully saturated rings. The second-order valence-electron chi connectivity index (χ2n) is 3.55. The summed E-state index contributed by atoms with van der Waals surface area (Å²) in [6.45, 7) is 1.78. The van der Waals surface area contributed by atoms with E-state index >= 15 is 0 Å². The summed E-state index contributed by atoms with van der Waals surface area (Å²) in [6.07, 6.45) is 0. The maximum atomic E-state index is 13.1. The van der Waals surface area contributed by atoms with E-state index in [9.17, 15) is 14.0 Å². The third-order valence-corrected chi connectivity index (χ3v) is 2.02. The van der Waals surface area contributed by atoms with Crippen molar-refractivity contribution in [3.05, 3.63) is 30.1 Å². The Kier molecular flexibility index (Phi) is 5.63. The molecule has 6 heteroatoms. The van der Waals surface area contributed by atoms with E-state index in [1.807, 2.05) is 0 Å². The van der Waals surface area contributed by atoms with Gasteiger partial charge in [0, 0.05) is 20.0 Å². The highest BCUT2D eigenvalue weighted by molar-refractivity contribution is 5.77. The van der Waals surface area contributed by atoms with Crippen molar-refractivity contribution in [3.8, 4) is 5.75 Å².